The van der Waals surface area contributed by atoms with Crippen LogP contribution >= 0.6 is 23.4 Å². The molecule has 0 bridgehead atoms. The molecule has 0 radical (unpaired) electrons. The molecule has 0 fully saturated rings. The summed E-state index contributed by atoms with van der Waals surface area (Å²) in [6.07, 6.45) is 1.73. The normalized spacial score (nSPS) is 11.4. The molecular formula is C24H28ClN7O3S. The van der Waals surface area contributed by atoms with Crippen molar-refractivity contribution in [2.24, 2.45) is 0 Å². The van der Waals surface area contributed by atoms with Crippen LogP contribution in [0.25, 0.3) is 22.3 Å². The van der Waals surface area contributed by atoms with Crippen molar-refractivity contribution in [1.82, 2.24) is 30.2 Å². The lowest BCUT2D eigenvalue weighted by Crippen LogP contribution is -2.28. The Hall–Kier alpha value is -3.15. The van der Waals surface area contributed by atoms with E-state index in [-0.39, 0.29) is 5.91 Å². The lowest BCUT2D eigenvalue weighted by molar-refractivity contribution is 0.0951. The van der Waals surface area contributed by atoms with Crippen molar-refractivity contribution in [3.05, 3.63) is 46.8 Å². The van der Waals surface area contributed by atoms with Crippen LogP contribution in [0.4, 0.5) is 5.82 Å². The van der Waals surface area contributed by atoms with E-state index in [1.54, 1.807) is 48.8 Å². The molecule has 1 aromatic carbocycles. The Morgan fingerprint density at radius 3 is 2.81 bits per heavy atom. The number of benzene rings is 1. The standard InChI is InChI=1S/C24H28ClN7O3S/c1-14(2)36-24-29-21(26-10-12-34-4)17-13-28-32(22(17)30-24)11-9-27-23(33)19-15(3)35-31-20(19)16-7-5-6-8-18(16)25/h5-8,13-14H,9-12H2,1-4H3,(H,27,33)(H,26,29,30). The van der Waals surface area contributed by atoms with Gasteiger partial charge in [-0.25, -0.2) is 14.6 Å². The Morgan fingerprint density at radius 1 is 1.25 bits per heavy atom. The van der Waals surface area contributed by atoms with Crippen LogP contribution in [0, 0.1) is 6.92 Å². The van der Waals surface area contributed by atoms with E-state index >= 15 is 0 Å². The van der Waals surface area contributed by atoms with Crippen molar-refractivity contribution in [2.75, 3.05) is 32.1 Å². The van der Waals surface area contributed by atoms with Crippen molar-refractivity contribution in [3.63, 3.8) is 0 Å². The van der Waals surface area contributed by atoms with E-state index in [9.17, 15) is 4.79 Å². The number of hydrogen-bond acceptors (Lipinski definition) is 9. The molecule has 3 heterocycles. The van der Waals surface area contributed by atoms with Crippen LogP contribution < -0.4 is 10.6 Å². The van der Waals surface area contributed by atoms with Gasteiger partial charge in [-0.2, -0.15) is 5.10 Å². The maximum Gasteiger partial charge on any atom is 0.257 e. The van der Waals surface area contributed by atoms with Crippen LogP contribution in [0.15, 0.2) is 40.1 Å². The molecule has 12 heteroatoms. The fourth-order valence-corrected chi connectivity index (χ4v) is 4.54. The van der Waals surface area contributed by atoms with Crippen molar-refractivity contribution >= 4 is 46.1 Å². The fourth-order valence-electron chi connectivity index (χ4n) is 3.61. The van der Waals surface area contributed by atoms with Gasteiger partial charge in [0.2, 0.25) is 0 Å². The summed E-state index contributed by atoms with van der Waals surface area (Å²) in [6, 6.07) is 7.20. The van der Waals surface area contributed by atoms with Gasteiger partial charge in [0.25, 0.3) is 5.91 Å². The molecule has 1 amide bonds. The highest BCUT2D eigenvalue weighted by atomic mass is 35.5. The van der Waals surface area contributed by atoms with Crippen LogP contribution in [0.5, 0.6) is 0 Å². The average molecular weight is 530 g/mol. The number of nitrogens with one attached hydrogen (secondary N) is 2. The molecule has 4 aromatic rings. The van der Waals surface area contributed by atoms with Gasteiger partial charge in [0, 0.05) is 31.0 Å². The van der Waals surface area contributed by atoms with Crippen molar-refractivity contribution in [2.45, 2.75) is 37.7 Å². The number of carbonyl (C=O) groups is 1. The van der Waals surface area contributed by atoms with Crippen molar-refractivity contribution in [3.8, 4) is 11.3 Å². The van der Waals surface area contributed by atoms with E-state index in [1.165, 1.54) is 0 Å². The summed E-state index contributed by atoms with van der Waals surface area (Å²) in [5.74, 6) is 0.828. The molecule has 0 aliphatic carbocycles. The van der Waals surface area contributed by atoms with E-state index in [0.717, 1.165) is 5.39 Å². The van der Waals surface area contributed by atoms with E-state index < -0.39 is 0 Å². The highest BCUT2D eigenvalue weighted by Gasteiger charge is 2.23. The zero-order chi connectivity index (χ0) is 25.7. The van der Waals surface area contributed by atoms with Gasteiger partial charge in [-0.1, -0.05) is 60.6 Å². The number of anilines is 1. The molecule has 2 N–H and O–H groups in total. The number of nitrogens with zero attached hydrogens (tertiary/aromatic N) is 5. The Kier molecular flexibility index (Phi) is 8.44. The van der Waals surface area contributed by atoms with Gasteiger partial charge in [0.1, 0.15) is 22.8 Å². The Labute approximate surface area is 218 Å². The molecule has 0 atom stereocenters. The minimum atomic E-state index is -0.298. The van der Waals surface area contributed by atoms with Crippen LogP contribution in [0.1, 0.15) is 30.0 Å². The molecule has 10 nitrogen and oxygen atoms in total. The summed E-state index contributed by atoms with van der Waals surface area (Å²) >= 11 is 7.89. The number of aromatic nitrogens is 5. The van der Waals surface area contributed by atoms with Gasteiger partial charge in [0.15, 0.2) is 10.8 Å². The molecule has 0 spiro atoms. The monoisotopic (exact) mass is 529 g/mol. The maximum absolute atomic E-state index is 13.1. The van der Waals surface area contributed by atoms with Crippen molar-refractivity contribution in [1.29, 1.82) is 0 Å². The van der Waals surface area contributed by atoms with E-state index in [2.05, 4.69) is 39.7 Å². The molecule has 0 aliphatic heterocycles. The first kappa shape index (κ1) is 25.9. The lowest BCUT2D eigenvalue weighted by atomic mass is 10.1. The highest BCUT2D eigenvalue weighted by molar-refractivity contribution is 7.99. The molecule has 0 unspecified atom stereocenters. The lowest BCUT2D eigenvalue weighted by Gasteiger charge is -2.11. The summed E-state index contributed by atoms with van der Waals surface area (Å²) < 4.78 is 12.2. The first-order valence-corrected chi connectivity index (χ1v) is 12.8. The number of rotatable bonds is 11. The van der Waals surface area contributed by atoms with Gasteiger partial charge >= 0.3 is 0 Å². The van der Waals surface area contributed by atoms with E-state index in [0.29, 0.717) is 75.7 Å². The number of ether oxygens (including phenoxy) is 1. The minimum Gasteiger partial charge on any atom is -0.383 e. The summed E-state index contributed by atoms with van der Waals surface area (Å²) in [5.41, 5.74) is 2.10. The third kappa shape index (κ3) is 5.80. The van der Waals surface area contributed by atoms with E-state index in [1.807, 2.05) is 12.1 Å². The first-order valence-electron chi connectivity index (χ1n) is 11.5. The second kappa shape index (κ2) is 11.7. The van der Waals surface area contributed by atoms with Gasteiger partial charge in [0.05, 0.1) is 29.8 Å². The van der Waals surface area contributed by atoms with Crippen LogP contribution in [-0.2, 0) is 11.3 Å². The third-order valence-corrected chi connectivity index (χ3v) is 6.44. The second-order valence-electron chi connectivity index (χ2n) is 8.24. The summed E-state index contributed by atoms with van der Waals surface area (Å²) in [4.78, 5) is 22.4. The van der Waals surface area contributed by atoms with Crippen LogP contribution in [0.2, 0.25) is 5.02 Å². The molecule has 36 heavy (non-hydrogen) atoms. The number of aryl methyl sites for hydroxylation is 1. The second-order valence-corrected chi connectivity index (χ2v) is 10.2. The smallest absolute Gasteiger partial charge is 0.257 e. The number of carbonyl (C=O) groups excluding carboxylic acids is 1. The largest absolute Gasteiger partial charge is 0.383 e. The topological polar surface area (TPSA) is 120 Å². The van der Waals surface area contributed by atoms with Crippen molar-refractivity contribution < 1.29 is 14.1 Å². The Bertz CT molecular complexity index is 1350. The van der Waals surface area contributed by atoms with Gasteiger partial charge in [-0.05, 0) is 13.0 Å². The quantitative estimate of drug-likeness (QED) is 0.165. The Morgan fingerprint density at radius 2 is 2.06 bits per heavy atom. The molecule has 0 saturated carbocycles. The molecule has 0 aliphatic rings. The summed E-state index contributed by atoms with van der Waals surface area (Å²) in [7, 11) is 1.65. The van der Waals surface area contributed by atoms with E-state index in [4.69, 9.17) is 25.8 Å². The molecule has 0 saturated heterocycles. The third-order valence-electron chi connectivity index (χ3n) is 5.24. The van der Waals surface area contributed by atoms with Gasteiger partial charge in [-0.15, -0.1) is 0 Å². The summed E-state index contributed by atoms with van der Waals surface area (Å²) in [5, 5.41) is 17.1. The summed E-state index contributed by atoms with van der Waals surface area (Å²) in [6.45, 7) is 7.79. The van der Waals surface area contributed by atoms with Gasteiger partial charge in [-0.3, -0.25) is 4.79 Å². The number of halogens is 1. The van der Waals surface area contributed by atoms with Gasteiger partial charge < -0.3 is 19.9 Å². The number of thioether (sulfide) groups is 1. The number of methoxy groups -OCH3 is 1. The predicted molar refractivity (Wildman–Crippen MR) is 141 cm³/mol. The SMILES string of the molecule is COCCNc1nc(SC(C)C)nc2c1cnn2CCNC(=O)c1c(-c2ccccc2Cl)noc1C. The Balaban J connectivity index is 1.52. The zero-order valence-corrected chi connectivity index (χ0v) is 22.1. The minimum absolute atomic E-state index is 0.298. The fraction of sp³-hybridized carbons (Fsp3) is 0.375. The maximum atomic E-state index is 13.1. The predicted octanol–water partition coefficient (Wildman–Crippen LogP) is 4.43. The average Bonchev–Trinajstić information content (AvgIpc) is 3.42. The molecule has 4 rings (SSSR count). The first-order chi connectivity index (χ1) is 17.4. The number of amides is 1. The highest BCUT2D eigenvalue weighted by Crippen LogP contribution is 2.31. The molecular weight excluding hydrogens is 502 g/mol. The molecule has 190 valence electrons. The van der Waals surface area contributed by atoms with Crippen LogP contribution in [0.3, 0.4) is 0 Å². The number of fused-ring (bicyclic) bond motifs is 1. The molecule has 3 aromatic heterocycles. The van der Waals surface area contributed by atoms with Crippen LogP contribution in [-0.4, -0.2) is 62.9 Å². The number of hydrogen-bond donors (Lipinski definition) is 2. The zero-order valence-electron chi connectivity index (χ0n) is 20.5.